The molecule has 0 saturated heterocycles. The van der Waals surface area contributed by atoms with E-state index in [1.54, 1.807) is 0 Å². The average molecular weight is 310 g/mol. The highest BCUT2D eigenvalue weighted by atomic mass is 16.2. The largest absolute Gasteiger partial charge is 0.350 e. The van der Waals surface area contributed by atoms with E-state index in [0.717, 1.165) is 17.5 Å². The maximum Gasteiger partial charge on any atom is 0.243 e. The maximum absolute atomic E-state index is 12.4. The molecule has 0 bridgehead atoms. The summed E-state index contributed by atoms with van der Waals surface area (Å²) in [5.41, 5.74) is 1.85. The Kier molecular flexibility index (Phi) is 4.46. The fourth-order valence-electron chi connectivity index (χ4n) is 2.50. The molecule has 0 aliphatic rings. The lowest BCUT2D eigenvalue weighted by Crippen LogP contribution is -2.31. The second-order valence-electron chi connectivity index (χ2n) is 5.21. The van der Waals surface area contributed by atoms with Gasteiger partial charge in [0.05, 0.1) is 0 Å². The number of aromatic amines is 1. The van der Waals surface area contributed by atoms with Gasteiger partial charge in [-0.05, 0) is 35.4 Å². The molecule has 0 aliphatic heterocycles. The maximum atomic E-state index is 12.4. The van der Waals surface area contributed by atoms with Crippen LogP contribution < -0.4 is 5.32 Å². The van der Waals surface area contributed by atoms with E-state index in [2.05, 4.69) is 25.9 Å². The molecule has 3 aromatic rings. The molecule has 7 heteroatoms. The average Bonchev–Trinajstić information content (AvgIpc) is 3.27. The monoisotopic (exact) mass is 310 g/mol. The highest BCUT2D eigenvalue weighted by Gasteiger charge is 2.16. The number of hydrogen-bond acceptors (Lipinski definition) is 4. The van der Waals surface area contributed by atoms with Crippen molar-refractivity contribution >= 4 is 5.91 Å². The van der Waals surface area contributed by atoms with Gasteiger partial charge in [-0.2, -0.15) is 5.21 Å². The third-order valence-electron chi connectivity index (χ3n) is 3.67. The number of hydrogen-bond donors (Lipinski definition) is 2. The van der Waals surface area contributed by atoms with Crippen molar-refractivity contribution in [3.8, 4) is 11.4 Å². The van der Waals surface area contributed by atoms with Gasteiger partial charge in [0.1, 0.15) is 6.04 Å². The number of tetrazole rings is 1. The number of amides is 1. The third kappa shape index (κ3) is 3.45. The number of benzene rings is 1. The quantitative estimate of drug-likeness (QED) is 0.728. The van der Waals surface area contributed by atoms with Gasteiger partial charge in [0.2, 0.25) is 11.7 Å². The molecule has 0 radical (unpaired) electrons. The highest BCUT2D eigenvalue weighted by Crippen LogP contribution is 2.16. The van der Waals surface area contributed by atoms with Crippen LogP contribution in [-0.2, 0) is 11.3 Å². The minimum absolute atomic E-state index is 0.00802. The Morgan fingerprint density at radius 2 is 2.13 bits per heavy atom. The first-order valence-electron chi connectivity index (χ1n) is 7.51. The number of carbonyl (C=O) groups is 1. The van der Waals surface area contributed by atoms with Crippen molar-refractivity contribution in [2.24, 2.45) is 0 Å². The Balaban J connectivity index is 1.66. The number of carbonyl (C=O) groups excluding carboxylic acids is 1. The smallest absolute Gasteiger partial charge is 0.243 e. The molecule has 1 aromatic carbocycles. The summed E-state index contributed by atoms with van der Waals surface area (Å²) in [6.07, 6.45) is 4.55. The van der Waals surface area contributed by atoms with Crippen molar-refractivity contribution in [3.63, 3.8) is 0 Å². The van der Waals surface area contributed by atoms with E-state index >= 15 is 0 Å². The van der Waals surface area contributed by atoms with Gasteiger partial charge in [0.25, 0.3) is 0 Å². The third-order valence-corrected chi connectivity index (χ3v) is 3.67. The van der Waals surface area contributed by atoms with E-state index < -0.39 is 0 Å². The second kappa shape index (κ2) is 6.87. The van der Waals surface area contributed by atoms with E-state index in [9.17, 15) is 4.79 Å². The van der Waals surface area contributed by atoms with Crippen LogP contribution in [0.2, 0.25) is 0 Å². The van der Waals surface area contributed by atoms with Gasteiger partial charge < -0.3 is 9.88 Å². The van der Waals surface area contributed by atoms with Crippen LogP contribution in [0.4, 0.5) is 0 Å². The van der Waals surface area contributed by atoms with Crippen molar-refractivity contribution < 1.29 is 4.79 Å². The zero-order chi connectivity index (χ0) is 16.1. The summed E-state index contributed by atoms with van der Waals surface area (Å²) >= 11 is 0. The Hall–Kier alpha value is -2.96. The fourth-order valence-corrected chi connectivity index (χ4v) is 2.50. The summed E-state index contributed by atoms with van der Waals surface area (Å²) in [6.45, 7) is 2.46. The van der Waals surface area contributed by atoms with Crippen LogP contribution in [0.3, 0.4) is 0 Å². The standard InChI is InChI=1S/C16H18N6O/c1-2-14(22-8-3-4-9-22)16(23)17-11-12-6-5-7-13(10-12)15-18-20-21-19-15/h3-10,14H,2,11H2,1H3,(H,17,23)(H,18,19,20,21). The minimum Gasteiger partial charge on any atom is -0.350 e. The lowest BCUT2D eigenvalue weighted by molar-refractivity contribution is -0.124. The molecule has 1 atom stereocenters. The van der Waals surface area contributed by atoms with Gasteiger partial charge in [0.15, 0.2) is 0 Å². The Bertz CT molecular complexity index is 751. The van der Waals surface area contributed by atoms with Crippen LogP contribution in [0.1, 0.15) is 24.9 Å². The molecule has 0 saturated carbocycles. The van der Waals surface area contributed by atoms with Crippen LogP contribution in [0.15, 0.2) is 48.8 Å². The number of nitrogens with one attached hydrogen (secondary N) is 2. The molecule has 1 unspecified atom stereocenters. The number of H-pyrrole nitrogens is 1. The predicted octanol–water partition coefficient (Wildman–Crippen LogP) is 1.94. The Morgan fingerprint density at radius 3 is 2.83 bits per heavy atom. The van der Waals surface area contributed by atoms with Gasteiger partial charge in [-0.1, -0.05) is 25.1 Å². The zero-order valence-electron chi connectivity index (χ0n) is 12.8. The molecule has 0 aliphatic carbocycles. The van der Waals surface area contributed by atoms with E-state index in [4.69, 9.17) is 0 Å². The number of rotatable bonds is 6. The first kappa shape index (κ1) is 15.0. The normalized spacial score (nSPS) is 12.0. The lowest BCUT2D eigenvalue weighted by Gasteiger charge is -2.17. The van der Waals surface area contributed by atoms with Crippen LogP contribution in [-0.4, -0.2) is 31.1 Å². The Labute approximate surface area is 133 Å². The molecule has 7 nitrogen and oxygen atoms in total. The SMILES string of the molecule is CCC(C(=O)NCc1cccc(-c2nn[nH]n2)c1)n1cccc1. The molecule has 0 spiro atoms. The molecular formula is C16H18N6O. The van der Waals surface area contributed by atoms with Gasteiger partial charge in [-0.25, -0.2) is 0 Å². The van der Waals surface area contributed by atoms with E-state index in [1.807, 2.05) is 60.3 Å². The van der Waals surface area contributed by atoms with E-state index in [0.29, 0.717) is 12.4 Å². The lowest BCUT2D eigenvalue weighted by atomic mass is 10.1. The molecule has 23 heavy (non-hydrogen) atoms. The van der Waals surface area contributed by atoms with Crippen LogP contribution in [0.25, 0.3) is 11.4 Å². The van der Waals surface area contributed by atoms with Gasteiger partial charge in [-0.15, -0.1) is 10.2 Å². The fraction of sp³-hybridized carbons (Fsp3) is 0.250. The first-order chi connectivity index (χ1) is 11.3. The summed E-state index contributed by atoms with van der Waals surface area (Å²) in [5.74, 6) is 0.547. The number of aromatic nitrogens is 5. The summed E-state index contributed by atoms with van der Waals surface area (Å²) in [7, 11) is 0. The van der Waals surface area contributed by atoms with Crippen molar-refractivity contribution in [1.29, 1.82) is 0 Å². The van der Waals surface area contributed by atoms with Gasteiger partial charge in [0, 0.05) is 24.5 Å². The highest BCUT2D eigenvalue weighted by molar-refractivity contribution is 5.80. The molecule has 118 valence electrons. The first-order valence-corrected chi connectivity index (χ1v) is 7.51. The van der Waals surface area contributed by atoms with Crippen LogP contribution in [0, 0.1) is 0 Å². The predicted molar refractivity (Wildman–Crippen MR) is 85.2 cm³/mol. The van der Waals surface area contributed by atoms with Crippen molar-refractivity contribution in [1.82, 2.24) is 30.5 Å². The zero-order valence-corrected chi connectivity index (χ0v) is 12.8. The molecule has 3 rings (SSSR count). The van der Waals surface area contributed by atoms with Crippen molar-refractivity contribution in [3.05, 3.63) is 54.4 Å². The van der Waals surface area contributed by atoms with Gasteiger partial charge in [-0.3, -0.25) is 4.79 Å². The summed E-state index contributed by atoms with van der Waals surface area (Å²) in [4.78, 5) is 12.4. The van der Waals surface area contributed by atoms with E-state index in [1.165, 1.54) is 0 Å². The second-order valence-corrected chi connectivity index (χ2v) is 5.21. The van der Waals surface area contributed by atoms with Gasteiger partial charge >= 0.3 is 0 Å². The van der Waals surface area contributed by atoms with Crippen molar-refractivity contribution in [2.75, 3.05) is 0 Å². The molecular weight excluding hydrogens is 292 g/mol. The summed E-state index contributed by atoms with van der Waals surface area (Å²) < 4.78 is 1.92. The van der Waals surface area contributed by atoms with Crippen LogP contribution >= 0.6 is 0 Å². The summed E-state index contributed by atoms with van der Waals surface area (Å²) in [5, 5.41) is 16.9. The molecule has 1 amide bonds. The molecule has 0 fully saturated rings. The number of nitrogens with zero attached hydrogens (tertiary/aromatic N) is 4. The Morgan fingerprint density at radius 1 is 1.30 bits per heavy atom. The molecule has 2 aromatic heterocycles. The molecule has 2 N–H and O–H groups in total. The topological polar surface area (TPSA) is 88.5 Å². The van der Waals surface area contributed by atoms with Crippen molar-refractivity contribution in [2.45, 2.75) is 25.9 Å². The van der Waals surface area contributed by atoms with E-state index in [-0.39, 0.29) is 11.9 Å². The minimum atomic E-state index is -0.189. The molecule has 2 heterocycles. The van der Waals surface area contributed by atoms with Crippen LogP contribution in [0.5, 0.6) is 0 Å². The summed E-state index contributed by atoms with van der Waals surface area (Å²) in [6, 6.07) is 11.4.